The van der Waals surface area contributed by atoms with Gasteiger partial charge in [-0.05, 0) is 32.7 Å². The molecule has 2 fully saturated rings. The molecule has 6 heteroatoms. The fourth-order valence-electron chi connectivity index (χ4n) is 2.80. The first kappa shape index (κ1) is 14.7. The van der Waals surface area contributed by atoms with Gasteiger partial charge in [0, 0.05) is 31.7 Å². The molecule has 0 spiro atoms. The molecule has 0 bridgehead atoms. The Hall–Kier alpha value is -1.27. The minimum Gasteiger partial charge on any atom is -0.462 e. The van der Waals surface area contributed by atoms with Crippen molar-refractivity contribution in [2.75, 3.05) is 50.5 Å². The summed E-state index contributed by atoms with van der Waals surface area (Å²) in [6.07, 6.45) is 2.37. The van der Waals surface area contributed by atoms with Crippen LogP contribution >= 0.6 is 11.3 Å². The summed E-state index contributed by atoms with van der Waals surface area (Å²) in [6.45, 7) is 6.31. The lowest BCUT2D eigenvalue weighted by molar-refractivity contribution is 0.0533. The van der Waals surface area contributed by atoms with Gasteiger partial charge in [-0.25, -0.2) is 4.79 Å². The van der Waals surface area contributed by atoms with E-state index in [1.54, 1.807) is 0 Å². The van der Waals surface area contributed by atoms with Crippen molar-refractivity contribution in [3.05, 3.63) is 10.4 Å². The average Bonchev–Trinajstić information content (AvgIpc) is 3.23. The molecule has 0 atom stereocenters. The van der Waals surface area contributed by atoms with Gasteiger partial charge in [-0.2, -0.15) is 0 Å². The van der Waals surface area contributed by atoms with Gasteiger partial charge in [0.15, 0.2) is 0 Å². The van der Waals surface area contributed by atoms with Crippen LogP contribution in [0.15, 0.2) is 0 Å². The van der Waals surface area contributed by atoms with E-state index in [0.29, 0.717) is 23.1 Å². The number of nitrogen functional groups attached to an aromatic ring is 1. The van der Waals surface area contributed by atoms with Gasteiger partial charge in [0.25, 0.3) is 0 Å². The zero-order valence-electron chi connectivity index (χ0n) is 12.7. The number of carbonyl (C=O) groups is 1. The van der Waals surface area contributed by atoms with E-state index in [0.717, 1.165) is 26.2 Å². The second-order valence-electron chi connectivity index (χ2n) is 5.85. The molecule has 0 radical (unpaired) electrons. The highest BCUT2D eigenvalue weighted by atomic mass is 32.1. The summed E-state index contributed by atoms with van der Waals surface area (Å²) in [5.74, 6) is 0.265. The fourth-order valence-corrected chi connectivity index (χ4v) is 4.06. The molecule has 21 heavy (non-hydrogen) atoms. The third kappa shape index (κ3) is 2.87. The van der Waals surface area contributed by atoms with Crippen LogP contribution in [0.1, 0.15) is 40.9 Å². The average molecular weight is 309 g/mol. The zero-order chi connectivity index (χ0) is 15.0. The Kier molecular flexibility index (Phi) is 4.08. The number of ether oxygens (including phenoxy) is 1. The molecule has 1 aliphatic carbocycles. The first-order valence-electron chi connectivity index (χ1n) is 7.64. The number of nitrogens with zero attached hydrogens (tertiary/aromatic N) is 2. The number of hydrogen-bond donors (Lipinski definition) is 1. The van der Waals surface area contributed by atoms with Gasteiger partial charge in [-0.15, -0.1) is 11.3 Å². The van der Waals surface area contributed by atoms with Crippen LogP contribution < -0.4 is 10.6 Å². The van der Waals surface area contributed by atoms with Gasteiger partial charge in [0.05, 0.1) is 17.3 Å². The van der Waals surface area contributed by atoms with E-state index in [2.05, 4.69) is 16.8 Å². The second kappa shape index (κ2) is 5.85. The van der Waals surface area contributed by atoms with Crippen molar-refractivity contribution in [3.8, 4) is 0 Å². The maximum absolute atomic E-state index is 12.1. The highest BCUT2D eigenvalue weighted by Crippen LogP contribution is 2.52. The second-order valence-corrected chi connectivity index (χ2v) is 6.85. The van der Waals surface area contributed by atoms with Crippen molar-refractivity contribution in [1.82, 2.24) is 4.90 Å². The summed E-state index contributed by atoms with van der Waals surface area (Å²) in [6, 6.07) is 0. The number of thiophene rings is 1. The number of nitrogens with two attached hydrogens (primary N) is 1. The van der Waals surface area contributed by atoms with Crippen molar-refractivity contribution in [3.63, 3.8) is 0 Å². The molecule has 1 aromatic rings. The predicted molar refractivity (Wildman–Crippen MR) is 86.4 cm³/mol. The monoisotopic (exact) mass is 309 g/mol. The van der Waals surface area contributed by atoms with E-state index in [4.69, 9.17) is 10.5 Å². The third-order valence-corrected chi connectivity index (χ3v) is 5.46. The minimum atomic E-state index is -0.276. The van der Waals surface area contributed by atoms with E-state index < -0.39 is 0 Å². The Morgan fingerprint density at radius 1 is 1.33 bits per heavy atom. The minimum absolute atomic E-state index is 0.276. The number of esters is 1. The Balaban J connectivity index is 1.91. The molecule has 1 aliphatic heterocycles. The summed E-state index contributed by atoms with van der Waals surface area (Å²) in [4.78, 5) is 17.4. The van der Waals surface area contributed by atoms with Crippen LogP contribution in [0.3, 0.4) is 0 Å². The van der Waals surface area contributed by atoms with Crippen LogP contribution in [0.2, 0.25) is 0 Å². The molecule has 5 nitrogen and oxygen atoms in total. The summed E-state index contributed by atoms with van der Waals surface area (Å²) in [5, 5.41) is 1.20. The van der Waals surface area contributed by atoms with E-state index in [9.17, 15) is 4.79 Å². The first-order valence-corrected chi connectivity index (χ1v) is 8.46. The van der Waals surface area contributed by atoms with Gasteiger partial charge >= 0.3 is 5.97 Å². The predicted octanol–water partition coefficient (Wildman–Crippen LogP) is 2.14. The Morgan fingerprint density at radius 3 is 2.57 bits per heavy atom. The lowest BCUT2D eigenvalue weighted by atomic mass is 10.1. The molecule has 2 aliphatic rings. The molecule has 0 amide bonds. The highest BCUT2D eigenvalue weighted by Gasteiger charge is 2.35. The molecule has 1 saturated heterocycles. The largest absolute Gasteiger partial charge is 0.462 e. The van der Waals surface area contributed by atoms with Gasteiger partial charge in [-0.3, -0.25) is 0 Å². The van der Waals surface area contributed by atoms with Crippen LogP contribution in [0.5, 0.6) is 0 Å². The molecule has 2 N–H and O–H groups in total. The lowest BCUT2D eigenvalue weighted by Crippen LogP contribution is -2.44. The molecular weight excluding hydrogens is 286 g/mol. The van der Waals surface area contributed by atoms with Gasteiger partial charge in [0.1, 0.15) is 4.88 Å². The molecule has 0 aromatic carbocycles. The summed E-state index contributed by atoms with van der Waals surface area (Å²) in [7, 11) is 2.14. The maximum atomic E-state index is 12.1. The lowest BCUT2D eigenvalue weighted by Gasteiger charge is -2.33. The van der Waals surface area contributed by atoms with Crippen LogP contribution in [0, 0.1) is 0 Å². The van der Waals surface area contributed by atoms with Crippen molar-refractivity contribution in [2.45, 2.75) is 25.7 Å². The standard InChI is InChI=1S/C15H23N3O2S/c1-3-20-15(19)13-12(16)11(10-4-5-10)14(21-13)18-8-6-17(2)7-9-18/h10H,3-9,16H2,1-2H3. The fraction of sp³-hybridized carbons (Fsp3) is 0.667. The molecular formula is C15H23N3O2S. The molecule has 0 unspecified atom stereocenters. The molecule has 1 aromatic heterocycles. The van der Waals surface area contributed by atoms with Crippen LogP contribution in [-0.4, -0.2) is 50.7 Å². The SMILES string of the molecule is CCOC(=O)c1sc(N2CCN(C)CC2)c(C2CC2)c1N. The number of carbonyl (C=O) groups excluding carboxylic acids is 1. The van der Waals surface area contributed by atoms with Crippen LogP contribution in [0.25, 0.3) is 0 Å². The van der Waals surface area contributed by atoms with Crippen LogP contribution in [0.4, 0.5) is 10.7 Å². The normalized spacial score (nSPS) is 19.8. The van der Waals surface area contributed by atoms with Crippen molar-refractivity contribution < 1.29 is 9.53 Å². The van der Waals surface area contributed by atoms with Crippen molar-refractivity contribution in [2.24, 2.45) is 0 Å². The van der Waals surface area contributed by atoms with E-state index >= 15 is 0 Å². The number of anilines is 2. The topological polar surface area (TPSA) is 58.8 Å². The smallest absolute Gasteiger partial charge is 0.350 e. The van der Waals surface area contributed by atoms with Crippen molar-refractivity contribution in [1.29, 1.82) is 0 Å². The molecule has 3 rings (SSSR count). The van der Waals surface area contributed by atoms with Gasteiger partial charge in [0.2, 0.25) is 0 Å². The summed E-state index contributed by atoms with van der Waals surface area (Å²) >= 11 is 1.52. The van der Waals surface area contributed by atoms with Gasteiger partial charge < -0.3 is 20.3 Å². The van der Waals surface area contributed by atoms with Gasteiger partial charge in [-0.1, -0.05) is 0 Å². The Labute approximate surface area is 129 Å². The molecule has 2 heterocycles. The van der Waals surface area contributed by atoms with E-state index in [1.165, 1.54) is 34.7 Å². The van der Waals surface area contributed by atoms with Crippen LogP contribution in [-0.2, 0) is 4.74 Å². The number of rotatable bonds is 4. The molecule has 1 saturated carbocycles. The summed E-state index contributed by atoms with van der Waals surface area (Å²) in [5.41, 5.74) is 8.15. The van der Waals surface area contributed by atoms with E-state index in [1.807, 2.05) is 6.92 Å². The van der Waals surface area contributed by atoms with Crippen molar-refractivity contribution >= 4 is 28.0 Å². The summed E-state index contributed by atoms with van der Waals surface area (Å²) < 4.78 is 5.15. The Bertz CT molecular complexity index is 531. The quantitative estimate of drug-likeness (QED) is 0.864. The number of likely N-dealkylation sites (N-methyl/N-ethyl adjacent to an activating group) is 1. The highest BCUT2D eigenvalue weighted by molar-refractivity contribution is 7.18. The number of piperazine rings is 1. The van der Waals surface area contributed by atoms with E-state index in [-0.39, 0.29) is 5.97 Å². The third-order valence-electron chi connectivity index (χ3n) is 4.20. The molecule has 116 valence electrons. The Morgan fingerprint density at radius 2 is 2.00 bits per heavy atom. The maximum Gasteiger partial charge on any atom is 0.350 e. The number of hydrogen-bond acceptors (Lipinski definition) is 6. The zero-order valence-corrected chi connectivity index (χ0v) is 13.5. The first-order chi connectivity index (χ1) is 10.1.